The van der Waals surface area contributed by atoms with Gasteiger partial charge in [-0.15, -0.1) is 0 Å². The summed E-state index contributed by atoms with van der Waals surface area (Å²) >= 11 is 0. The zero-order chi connectivity index (χ0) is 35.2. The Hall–Kier alpha value is -3.96. The van der Waals surface area contributed by atoms with Crippen molar-refractivity contribution >= 4 is 23.1 Å². The van der Waals surface area contributed by atoms with Gasteiger partial charge >= 0.3 is 12.2 Å². The highest BCUT2D eigenvalue weighted by Gasteiger charge is 2.49. The molecule has 4 aliphatic rings. The number of amides is 1. The van der Waals surface area contributed by atoms with Crippen molar-refractivity contribution in [3.05, 3.63) is 51.9 Å². The highest BCUT2D eigenvalue weighted by molar-refractivity contribution is 6.43. The molecule has 0 bridgehead atoms. The zero-order valence-electron chi connectivity index (χ0n) is 27.2. The minimum absolute atomic E-state index is 0.0744. The summed E-state index contributed by atoms with van der Waals surface area (Å²) in [4.78, 5) is 26.5. The van der Waals surface area contributed by atoms with E-state index in [1.807, 2.05) is 0 Å². The quantitative estimate of drug-likeness (QED) is 0.228. The number of benzene rings is 1. The molecular formula is C32H39F6N8O3+. The Morgan fingerprint density at radius 2 is 2.02 bits per heavy atom. The Kier molecular flexibility index (Phi) is 9.54. The number of aromatic nitrogens is 2. The van der Waals surface area contributed by atoms with Crippen molar-refractivity contribution in [2.24, 2.45) is 0 Å². The van der Waals surface area contributed by atoms with Crippen LogP contribution in [0.4, 0.5) is 37.8 Å². The van der Waals surface area contributed by atoms with Gasteiger partial charge in [-0.05, 0) is 31.5 Å². The van der Waals surface area contributed by atoms with Crippen molar-refractivity contribution in [2.45, 2.75) is 62.7 Å². The molecule has 3 saturated heterocycles. The second kappa shape index (κ2) is 13.4. The fraction of sp³-hybridized carbons (Fsp3) is 0.562. The molecule has 0 unspecified atom stereocenters. The van der Waals surface area contributed by atoms with E-state index in [-0.39, 0.29) is 55.8 Å². The first-order chi connectivity index (χ1) is 23.2. The second-order valence-electron chi connectivity index (χ2n) is 13.2. The molecule has 6 rings (SSSR count). The van der Waals surface area contributed by atoms with Crippen LogP contribution in [0.5, 0.6) is 6.01 Å². The fourth-order valence-electron chi connectivity index (χ4n) is 7.29. The Bertz CT molecular complexity index is 1670. The van der Waals surface area contributed by atoms with E-state index in [1.165, 1.54) is 14.1 Å². The van der Waals surface area contributed by atoms with Crippen molar-refractivity contribution in [3.8, 4) is 6.01 Å². The van der Waals surface area contributed by atoms with Gasteiger partial charge in [-0.1, -0.05) is 0 Å². The smallest absolute Gasteiger partial charge is 0.416 e. The summed E-state index contributed by atoms with van der Waals surface area (Å²) in [6, 6.07) is 1.46. The average molecular weight is 698 g/mol. The molecule has 1 amide bonds. The van der Waals surface area contributed by atoms with Crippen LogP contribution in [0.25, 0.3) is 0 Å². The van der Waals surface area contributed by atoms with E-state index in [4.69, 9.17) is 20.6 Å². The topological polar surface area (TPSA) is 138 Å². The molecule has 3 atom stereocenters. The molecule has 49 heavy (non-hydrogen) atoms. The highest BCUT2D eigenvalue weighted by atomic mass is 19.4. The normalized spacial score (nSPS) is 25.4. The van der Waals surface area contributed by atoms with E-state index >= 15 is 8.78 Å². The molecule has 0 radical (unpaired) electrons. The molecule has 17 heteroatoms. The van der Waals surface area contributed by atoms with Gasteiger partial charge in [0.15, 0.2) is 17.2 Å². The Labute approximate surface area is 278 Å². The van der Waals surface area contributed by atoms with Crippen LogP contribution in [0, 0.1) is 11.2 Å². The number of hydrogen-bond donors (Lipinski definition) is 3. The number of nitrogens with two attached hydrogens (primary N) is 2. The molecule has 0 aliphatic carbocycles. The van der Waals surface area contributed by atoms with Gasteiger partial charge < -0.3 is 30.3 Å². The number of anilines is 2. The lowest BCUT2D eigenvalue weighted by molar-refractivity contribution is -0.606. The standard InChI is InChI=1S/C32H38F6N8O3/c1-44(2)29(47)27(40)26(35)22-14-45(9-4-8-41-22)28-18-15-48-23(24-19(32(36,37)38)5-6-20(39)25(24)34)11-21(18)42-30(43-28)49-16-31-7-3-10-46(31)13-17(33)12-31/h5-6,17,23,40-41H,3-4,7-16,39H2,1-2H3/p+1/b26-22+,40-27?/t17-,23+,31+/m1/s1. The summed E-state index contributed by atoms with van der Waals surface area (Å²) in [5.74, 6) is -2.76. The van der Waals surface area contributed by atoms with E-state index in [0.717, 1.165) is 23.9 Å². The lowest BCUT2D eigenvalue weighted by Gasteiger charge is -2.33. The van der Waals surface area contributed by atoms with Crippen LogP contribution in [-0.4, -0.2) is 96.5 Å². The molecule has 0 saturated carbocycles. The van der Waals surface area contributed by atoms with Crippen LogP contribution >= 0.6 is 0 Å². The summed E-state index contributed by atoms with van der Waals surface area (Å²) in [7, 11) is 2.83. The van der Waals surface area contributed by atoms with Crippen molar-refractivity contribution in [2.75, 3.05) is 64.1 Å². The van der Waals surface area contributed by atoms with E-state index in [1.54, 1.807) is 10.2 Å². The fourth-order valence-corrected chi connectivity index (χ4v) is 7.29. The van der Waals surface area contributed by atoms with Gasteiger partial charge in [0.25, 0.3) is 5.91 Å². The lowest BCUT2D eigenvalue weighted by Crippen LogP contribution is -2.83. The van der Waals surface area contributed by atoms with E-state index < -0.39 is 64.1 Å². The minimum Gasteiger partial charge on any atom is -0.461 e. The molecule has 1 aromatic heterocycles. The van der Waals surface area contributed by atoms with Crippen LogP contribution in [0.3, 0.4) is 0 Å². The third-order valence-corrected chi connectivity index (χ3v) is 9.73. The zero-order valence-corrected chi connectivity index (χ0v) is 27.2. The maximum absolute atomic E-state index is 15.6. The molecule has 11 nitrogen and oxygen atoms in total. The average Bonchev–Trinajstić information content (AvgIpc) is 3.46. The van der Waals surface area contributed by atoms with E-state index in [2.05, 4.69) is 14.9 Å². The Morgan fingerprint density at radius 1 is 1.24 bits per heavy atom. The number of nitrogen functional groups attached to an aromatic ring is 1. The predicted molar refractivity (Wildman–Crippen MR) is 166 cm³/mol. The summed E-state index contributed by atoms with van der Waals surface area (Å²) < 4.78 is 99.5. The summed E-state index contributed by atoms with van der Waals surface area (Å²) in [6.45, 7) is 1.49. The van der Waals surface area contributed by atoms with Crippen LogP contribution in [0.2, 0.25) is 0 Å². The van der Waals surface area contributed by atoms with Gasteiger partial charge in [0, 0.05) is 57.6 Å². The second-order valence-corrected chi connectivity index (χ2v) is 13.2. The number of quaternary nitrogens is 1. The first kappa shape index (κ1) is 34.9. The molecule has 2 aromatic rings. The maximum atomic E-state index is 15.6. The van der Waals surface area contributed by atoms with Gasteiger partial charge in [0.2, 0.25) is 5.83 Å². The van der Waals surface area contributed by atoms with E-state index in [9.17, 15) is 22.4 Å². The molecular weight excluding hydrogens is 658 g/mol. The van der Waals surface area contributed by atoms with Crippen LogP contribution < -0.4 is 20.7 Å². The van der Waals surface area contributed by atoms with Gasteiger partial charge in [0.05, 0.1) is 48.3 Å². The summed E-state index contributed by atoms with van der Waals surface area (Å²) in [5.41, 5.74) is 2.65. The number of fused-ring (bicyclic) bond motifs is 2. The van der Waals surface area contributed by atoms with Gasteiger partial charge in [-0.2, -0.15) is 27.5 Å². The largest absolute Gasteiger partial charge is 0.461 e. The van der Waals surface area contributed by atoms with Gasteiger partial charge in [0.1, 0.15) is 18.6 Å². The predicted octanol–water partition coefficient (Wildman–Crippen LogP) is 3.05. The third-order valence-electron chi connectivity index (χ3n) is 9.73. The number of halogens is 6. The molecule has 3 fully saturated rings. The van der Waals surface area contributed by atoms with Gasteiger partial charge in [-0.25, -0.2) is 8.78 Å². The summed E-state index contributed by atoms with van der Waals surface area (Å²) in [5, 5.41) is 9.74. The SMILES string of the molecule is CN(C)C(=O)C(=N)/C(F)=C1/CN(c2nc(OC[C@@]34CCCN3C[C@H](F)C4)nc3c2CO[C@H](c2c(C(F)(F)F)ccc(N)c2F)C3)CCC[NH2+]1. The first-order valence-corrected chi connectivity index (χ1v) is 16.1. The van der Waals surface area contributed by atoms with Crippen LogP contribution in [-0.2, 0) is 28.7 Å². The van der Waals surface area contributed by atoms with Crippen molar-refractivity contribution < 1.29 is 45.9 Å². The monoisotopic (exact) mass is 697 g/mol. The first-order valence-electron chi connectivity index (χ1n) is 16.1. The number of hydrogen-bond acceptors (Lipinski definition) is 9. The van der Waals surface area contributed by atoms with Crippen molar-refractivity contribution in [1.82, 2.24) is 19.8 Å². The number of nitrogens with zero attached hydrogens (tertiary/aromatic N) is 5. The number of nitrogens with one attached hydrogen (secondary N) is 1. The molecule has 0 spiro atoms. The maximum Gasteiger partial charge on any atom is 0.416 e. The van der Waals surface area contributed by atoms with Crippen LogP contribution in [0.15, 0.2) is 23.7 Å². The van der Waals surface area contributed by atoms with E-state index in [0.29, 0.717) is 44.1 Å². The Balaban J connectivity index is 1.39. The third kappa shape index (κ3) is 6.79. The molecule has 266 valence electrons. The van der Waals surface area contributed by atoms with Crippen molar-refractivity contribution in [1.29, 1.82) is 5.41 Å². The number of carbonyl (C=O) groups is 1. The molecule has 5 heterocycles. The molecule has 5 N–H and O–H groups in total. The number of carbonyl (C=O) groups excluding carboxylic acids is 1. The number of alkyl halides is 4. The molecule has 1 aromatic carbocycles. The summed E-state index contributed by atoms with van der Waals surface area (Å²) in [6.07, 6.45) is -5.18. The lowest BCUT2D eigenvalue weighted by atomic mass is 9.94. The number of ether oxygens (including phenoxy) is 2. The van der Waals surface area contributed by atoms with Gasteiger partial charge in [-0.3, -0.25) is 15.1 Å². The molecule has 4 aliphatic heterocycles. The van der Waals surface area contributed by atoms with Crippen LogP contribution in [0.1, 0.15) is 54.2 Å². The highest BCUT2D eigenvalue weighted by Crippen LogP contribution is 2.44. The minimum atomic E-state index is -4.89. The Morgan fingerprint density at radius 3 is 2.76 bits per heavy atom. The number of rotatable bonds is 7. The van der Waals surface area contributed by atoms with Crippen molar-refractivity contribution in [3.63, 3.8) is 0 Å².